The van der Waals surface area contributed by atoms with Gasteiger partial charge in [-0.15, -0.1) is 0 Å². The Bertz CT molecular complexity index is 1160. The van der Waals surface area contributed by atoms with Crippen LogP contribution in [-0.4, -0.2) is 44.7 Å². The van der Waals surface area contributed by atoms with Crippen molar-refractivity contribution in [3.8, 4) is 0 Å². The van der Waals surface area contributed by atoms with E-state index in [0.29, 0.717) is 18.1 Å². The van der Waals surface area contributed by atoms with Crippen molar-refractivity contribution in [3.63, 3.8) is 0 Å². The van der Waals surface area contributed by atoms with Crippen molar-refractivity contribution in [1.82, 2.24) is 19.8 Å². The molecule has 2 aromatic heterocycles. The van der Waals surface area contributed by atoms with Crippen LogP contribution >= 0.6 is 12.2 Å². The number of nitrogens with one attached hydrogen (secondary N) is 2. The molecule has 1 amide bonds. The van der Waals surface area contributed by atoms with E-state index in [2.05, 4.69) is 43.4 Å². The summed E-state index contributed by atoms with van der Waals surface area (Å²) in [5, 5.41) is 7.11. The van der Waals surface area contributed by atoms with Crippen LogP contribution in [0.4, 0.5) is 5.69 Å². The molecule has 2 aliphatic rings. The molecule has 3 aromatic rings. The molecule has 7 nitrogen and oxygen atoms in total. The number of benzene rings is 1. The van der Waals surface area contributed by atoms with Crippen LogP contribution in [0.1, 0.15) is 48.3 Å². The summed E-state index contributed by atoms with van der Waals surface area (Å²) in [5.74, 6) is -0.0357. The van der Waals surface area contributed by atoms with Gasteiger partial charge in [0.05, 0.1) is 23.9 Å². The number of aromatic nitrogens is 2. The first-order valence-corrected chi connectivity index (χ1v) is 12.6. The number of anilines is 1. The van der Waals surface area contributed by atoms with E-state index in [-0.39, 0.29) is 24.1 Å². The predicted molar refractivity (Wildman–Crippen MR) is 140 cm³/mol. The van der Waals surface area contributed by atoms with E-state index in [4.69, 9.17) is 17.0 Å². The van der Waals surface area contributed by atoms with Gasteiger partial charge in [-0.25, -0.2) is 0 Å². The van der Waals surface area contributed by atoms with Crippen LogP contribution in [0.3, 0.4) is 0 Å². The third-order valence-electron chi connectivity index (χ3n) is 6.70. The standard InChI is InChI=1S/C27H31N5O2S/c1-19-9-11-20(12-10-19)29-24(33)13-16-32-26(25(30-27(32)35)22-7-2-3-14-28-22)23-8-4-15-31(23)18-21-6-5-17-34-21/h2-4,7-12,14-15,21,25-26H,5-6,13,16-18H2,1H3,(H,29,33)(H,30,35)/t21-,25-,26+/m1/s1. The van der Waals surface area contributed by atoms with Crippen molar-refractivity contribution in [3.05, 3.63) is 83.9 Å². The smallest absolute Gasteiger partial charge is 0.226 e. The van der Waals surface area contributed by atoms with Gasteiger partial charge < -0.3 is 24.8 Å². The summed E-state index contributed by atoms with van der Waals surface area (Å²) in [7, 11) is 0. The van der Waals surface area contributed by atoms with Crippen LogP contribution in [0.2, 0.25) is 0 Å². The second kappa shape index (κ2) is 10.6. The van der Waals surface area contributed by atoms with Crippen molar-refractivity contribution in [2.24, 2.45) is 0 Å². The maximum atomic E-state index is 12.8. The number of carbonyl (C=O) groups excluding carboxylic acids is 1. The molecule has 1 aromatic carbocycles. The molecule has 0 bridgehead atoms. The van der Waals surface area contributed by atoms with Crippen LogP contribution in [0.5, 0.6) is 0 Å². The van der Waals surface area contributed by atoms with E-state index in [9.17, 15) is 4.79 Å². The van der Waals surface area contributed by atoms with E-state index >= 15 is 0 Å². The summed E-state index contributed by atoms with van der Waals surface area (Å²) in [6.07, 6.45) is 6.65. The molecule has 182 valence electrons. The lowest BCUT2D eigenvalue weighted by atomic mass is 10.0. The van der Waals surface area contributed by atoms with Crippen molar-refractivity contribution >= 4 is 28.9 Å². The van der Waals surface area contributed by atoms with Crippen LogP contribution in [-0.2, 0) is 16.1 Å². The minimum atomic E-state index is -0.109. The van der Waals surface area contributed by atoms with Gasteiger partial charge in [0.1, 0.15) is 0 Å². The number of carbonyl (C=O) groups is 1. The molecule has 8 heteroatoms. The molecule has 5 rings (SSSR count). The van der Waals surface area contributed by atoms with Gasteiger partial charge in [-0.05, 0) is 68.4 Å². The first-order valence-electron chi connectivity index (χ1n) is 12.2. The number of ether oxygens (including phenoxy) is 1. The van der Waals surface area contributed by atoms with Gasteiger partial charge >= 0.3 is 0 Å². The van der Waals surface area contributed by atoms with E-state index < -0.39 is 0 Å². The summed E-state index contributed by atoms with van der Waals surface area (Å²) >= 11 is 5.77. The number of hydrogen-bond donors (Lipinski definition) is 2. The molecule has 0 unspecified atom stereocenters. The van der Waals surface area contributed by atoms with Gasteiger partial charge in [0.25, 0.3) is 0 Å². The monoisotopic (exact) mass is 489 g/mol. The minimum Gasteiger partial charge on any atom is -0.376 e. The highest BCUT2D eigenvalue weighted by Gasteiger charge is 2.41. The third kappa shape index (κ3) is 5.39. The summed E-state index contributed by atoms with van der Waals surface area (Å²) in [6, 6.07) is 17.8. The van der Waals surface area contributed by atoms with Crippen LogP contribution in [0.25, 0.3) is 0 Å². The average Bonchev–Trinajstić information content (AvgIpc) is 3.61. The van der Waals surface area contributed by atoms with Crippen LogP contribution in [0, 0.1) is 6.92 Å². The Morgan fingerprint density at radius 1 is 1.20 bits per heavy atom. The Kier molecular flexibility index (Phi) is 7.11. The molecule has 2 fully saturated rings. The van der Waals surface area contributed by atoms with Gasteiger partial charge in [-0.1, -0.05) is 23.8 Å². The second-order valence-corrected chi connectivity index (χ2v) is 9.59. The molecule has 4 heterocycles. The molecule has 2 aliphatic heterocycles. The summed E-state index contributed by atoms with van der Waals surface area (Å²) in [6.45, 7) is 4.17. The fourth-order valence-electron chi connectivity index (χ4n) is 4.92. The fraction of sp³-hybridized carbons (Fsp3) is 0.370. The zero-order chi connectivity index (χ0) is 24.2. The largest absolute Gasteiger partial charge is 0.376 e. The molecule has 0 aliphatic carbocycles. The highest BCUT2D eigenvalue weighted by atomic mass is 32.1. The Morgan fingerprint density at radius 2 is 2.06 bits per heavy atom. The lowest BCUT2D eigenvalue weighted by Crippen LogP contribution is -2.33. The summed E-state index contributed by atoms with van der Waals surface area (Å²) in [4.78, 5) is 19.5. The zero-order valence-corrected chi connectivity index (χ0v) is 20.7. The first kappa shape index (κ1) is 23.5. The SMILES string of the molecule is Cc1ccc(NC(=O)CCN2C(=S)N[C@H](c3ccccn3)[C@@H]2c2cccn2C[C@H]2CCCO2)cc1. The quantitative estimate of drug-likeness (QED) is 0.458. The molecule has 2 saturated heterocycles. The number of nitrogens with zero attached hydrogens (tertiary/aromatic N) is 3. The summed E-state index contributed by atoms with van der Waals surface area (Å²) in [5.41, 5.74) is 4.03. The number of rotatable bonds is 8. The normalized spacial score (nSPS) is 21.8. The van der Waals surface area contributed by atoms with E-state index in [0.717, 1.165) is 48.6 Å². The third-order valence-corrected chi connectivity index (χ3v) is 7.06. The second-order valence-electron chi connectivity index (χ2n) is 9.20. The maximum Gasteiger partial charge on any atom is 0.226 e. The number of thiocarbonyl (C=S) groups is 1. The van der Waals surface area contributed by atoms with E-state index in [1.54, 1.807) is 6.20 Å². The van der Waals surface area contributed by atoms with Crippen LogP contribution < -0.4 is 10.6 Å². The fourth-order valence-corrected chi connectivity index (χ4v) is 5.25. The van der Waals surface area contributed by atoms with Gasteiger partial charge in [-0.3, -0.25) is 9.78 Å². The van der Waals surface area contributed by atoms with Gasteiger partial charge in [-0.2, -0.15) is 0 Å². The Balaban J connectivity index is 1.36. The van der Waals surface area contributed by atoms with E-state index in [1.165, 1.54) is 0 Å². The Hall–Kier alpha value is -3.23. The molecule has 0 radical (unpaired) electrons. The molecule has 35 heavy (non-hydrogen) atoms. The number of amides is 1. The zero-order valence-electron chi connectivity index (χ0n) is 19.9. The average molecular weight is 490 g/mol. The maximum absolute atomic E-state index is 12.8. The van der Waals surface area contributed by atoms with Crippen molar-refractivity contribution in [1.29, 1.82) is 0 Å². The van der Waals surface area contributed by atoms with Crippen molar-refractivity contribution < 1.29 is 9.53 Å². The summed E-state index contributed by atoms with van der Waals surface area (Å²) < 4.78 is 8.17. The highest BCUT2D eigenvalue weighted by molar-refractivity contribution is 7.80. The minimum absolute atomic E-state index is 0.0357. The Labute approximate surface area is 211 Å². The highest BCUT2D eigenvalue weighted by Crippen LogP contribution is 2.39. The number of aryl methyl sites for hydroxylation is 1. The predicted octanol–water partition coefficient (Wildman–Crippen LogP) is 4.37. The van der Waals surface area contributed by atoms with Crippen LogP contribution in [0.15, 0.2) is 67.0 Å². The number of hydrogen-bond acceptors (Lipinski definition) is 4. The topological polar surface area (TPSA) is 71.4 Å². The Morgan fingerprint density at radius 3 is 2.80 bits per heavy atom. The molecular formula is C27H31N5O2S. The molecule has 2 N–H and O–H groups in total. The molecular weight excluding hydrogens is 458 g/mol. The van der Waals surface area contributed by atoms with Gasteiger partial charge in [0.15, 0.2) is 5.11 Å². The van der Waals surface area contributed by atoms with Crippen molar-refractivity contribution in [2.45, 2.75) is 50.9 Å². The molecule has 0 saturated carbocycles. The van der Waals surface area contributed by atoms with E-state index in [1.807, 2.05) is 49.4 Å². The van der Waals surface area contributed by atoms with Crippen molar-refractivity contribution in [2.75, 3.05) is 18.5 Å². The molecule has 0 spiro atoms. The molecule has 3 atom stereocenters. The lowest BCUT2D eigenvalue weighted by Gasteiger charge is -2.29. The first-order chi connectivity index (χ1) is 17.1. The van der Waals surface area contributed by atoms with Gasteiger partial charge in [0.2, 0.25) is 5.91 Å². The lowest BCUT2D eigenvalue weighted by molar-refractivity contribution is -0.116. The number of pyridine rings is 1. The van der Waals surface area contributed by atoms with Gasteiger partial charge in [0, 0.05) is 49.9 Å².